The van der Waals surface area contributed by atoms with Crippen LogP contribution in [0, 0.1) is 5.41 Å². The molecule has 4 nitrogen and oxygen atoms in total. The van der Waals surface area contributed by atoms with Crippen molar-refractivity contribution < 1.29 is 14.3 Å². The highest BCUT2D eigenvalue weighted by Gasteiger charge is 2.49. The van der Waals surface area contributed by atoms with E-state index < -0.39 is 11.0 Å². The molecule has 0 bridgehead atoms. The number of piperidine rings is 1. The smallest absolute Gasteiger partial charge is 0.339 e. The van der Waals surface area contributed by atoms with Crippen molar-refractivity contribution in [3.05, 3.63) is 35.4 Å². The third kappa shape index (κ3) is 2.23. The van der Waals surface area contributed by atoms with Gasteiger partial charge in [0.1, 0.15) is 0 Å². The number of ether oxygens (including phenoxy) is 1. The average Bonchev–Trinajstić information content (AvgIpc) is 2.70. The molecule has 0 N–H and O–H groups in total. The molecule has 2 heterocycles. The maximum absolute atomic E-state index is 12.5. The van der Waals surface area contributed by atoms with Crippen LogP contribution in [0.25, 0.3) is 0 Å². The highest BCUT2D eigenvalue weighted by atomic mass is 16.6. The van der Waals surface area contributed by atoms with Crippen LogP contribution in [-0.4, -0.2) is 29.9 Å². The van der Waals surface area contributed by atoms with Crippen molar-refractivity contribution in [2.45, 2.75) is 39.2 Å². The van der Waals surface area contributed by atoms with Crippen LogP contribution in [0.15, 0.2) is 24.3 Å². The van der Waals surface area contributed by atoms with E-state index in [0.29, 0.717) is 12.1 Å². The van der Waals surface area contributed by atoms with Crippen LogP contribution in [0.5, 0.6) is 0 Å². The predicted octanol–water partition coefficient (Wildman–Crippen LogP) is 2.72. The van der Waals surface area contributed by atoms with E-state index >= 15 is 0 Å². The molecule has 112 valence electrons. The zero-order valence-corrected chi connectivity index (χ0v) is 12.8. The van der Waals surface area contributed by atoms with Gasteiger partial charge >= 0.3 is 5.97 Å². The Morgan fingerprint density at radius 3 is 2.71 bits per heavy atom. The molecule has 2 aliphatic rings. The van der Waals surface area contributed by atoms with E-state index in [1.165, 1.54) is 0 Å². The first kappa shape index (κ1) is 14.1. The van der Waals surface area contributed by atoms with Gasteiger partial charge in [0.25, 0.3) is 0 Å². The van der Waals surface area contributed by atoms with E-state index in [-0.39, 0.29) is 11.9 Å². The molecule has 1 aromatic rings. The number of rotatable bonds is 0. The fourth-order valence-corrected chi connectivity index (χ4v) is 3.32. The molecular weight excluding hydrogens is 266 g/mol. The lowest BCUT2D eigenvalue weighted by atomic mass is 9.83. The quantitative estimate of drug-likeness (QED) is 0.689. The minimum Gasteiger partial charge on any atom is -0.449 e. The lowest BCUT2D eigenvalue weighted by Gasteiger charge is -2.41. The zero-order valence-electron chi connectivity index (χ0n) is 12.8. The summed E-state index contributed by atoms with van der Waals surface area (Å²) in [6, 6.07) is 7.52. The fourth-order valence-electron chi connectivity index (χ4n) is 3.32. The summed E-state index contributed by atoms with van der Waals surface area (Å²) in [5.74, 6) is -0.155. The van der Waals surface area contributed by atoms with Gasteiger partial charge < -0.3 is 9.64 Å². The van der Waals surface area contributed by atoms with Crippen molar-refractivity contribution in [1.82, 2.24) is 4.90 Å². The Morgan fingerprint density at radius 2 is 2.00 bits per heavy atom. The Hall–Kier alpha value is -1.84. The first-order valence-electron chi connectivity index (χ1n) is 7.46. The fraction of sp³-hybridized carbons (Fsp3) is 0.529. The molecule has 1 unspecified atom stereocenters. The second-order valence-corrected chi connectivity index (χ2v) is 7.01. The molecule has 0 saturated carbocycles. The van der Waals surface area contributed by atoms with E-state index in [1.807, 2.05) is 43.9 Å². The molecule has 4 heteroatoms. The first-order valence-corrected chi connectivity index (χ1v) is 7.46. The summed E-state index contributed by atoms with van der Waals surface area (Å²) in [6.45, 7) is 6.96. The van der Waals surface area contributed by atoms with Crippen molar-refractivity contribution in [3.63, 3.8) is 0 Å². The van der Waals surface area contributed by atoms with E-state index in [0.717, 1.165) is 24.9 Å². The molecule has 0 aromatic heterocycles. The van der Waals surface area contributed by atoms with Gasteiger partial charge in [-0.3, -0.25) is 4.79 Å². The molecule has 1 atom stereocenters. The predicted molar refractivity (Wildman–Crippen MR) is 78.8 cm³/mol. The summed E-state index contributed by atoms with van der Waals surface area (Å²) in [7, 11) is 0. The van der Waals surface area contributed by atoms with E-state index in [1.54, 1.807) is 6.07 Å². The van der Waals surface area contributed by atoms with Crippen LogP contribution in [0.2, 0.25) is 0 Å². The molecule has 0 radical (unpaired) electrons. The molecule has 21 heavy (non-hydrogen) atoms. The molecule has 2 aliphatic heterocycles. The van der Waals surface area contributed by atoms with Gasteiger partial charge in [0.2, 0.25) is 5.91 Å². The zero-order chi connectivity index (χ0) is 15.3. The van der Waals surface area contributed by atoms with Crippen LogP contribution in [0.3, 0.4) is 0 Å². The monoisotopic (exact) mass is 287 g/mol. The van der Waals surface area contributed by atoms with Crippen LogP contribution in [-0.2, 0) is 15.1 Å². The topological polar surface area (TPSA) is 46.6 Å². The number of likely N-dealkylation sites (tertiary alicyclic amines) is 1. The summed E-state index contributed by atoms with van der Waals surface area (Å²) < 4.78 is 5.72. The summed E-state index contributed by atoms with van der Waals surface area (Å²) >= 11 is 0. The Bertz CT molecular complexity index is 602. The molecule has 1 amide bonds. The van der Waals surface area contributed by atoms with Gasteiger partial charge in [-0.05, 0) is 18.9 Å². The number of nitrogens with zero attached hydrogens (tertiary/aromatic N) is 1. The van der Waals surface area contributed by atoms with Gasteiger partial charge in [-0.2, -0.15) is 0 Å². The van der Waals surface area contributed by atoms with Crippen LogP contribution in [0.4, 0.5) is 0 Å². The maximum atomic E-state index is 12.5. The van der Waals surface area contributed by atoms with Gasteiger partial charge in [0.05, 0.1) is 12.1 Å². The number of hydrogen-bond donors (Lipinski definition) is 0. The lowest BCUT2D eigenvalue weighted by molar-refractivity contribution is -0.146. The molecule has 3 rings (SSSR count). The highest BCUT2D eigenvalue weighted by Crippen LogP contribution is 2.43. The van der Waals surface area contributed by atoms with Crippen molar-refractivity contribution in [2.75, 3.05) is 13.1 Å². The number of esters is 1. The molecular formula is C17H21NO3. The third-order valence-electron chi connectivity index (χ3n) is 4.31. The summed E-state index contributed by atoms with van der Waals surface area (Å²) in [5.41, 5.74) is 0.511. The second kappa shape index (κ2) is 4.58. The van der Waals surface area contributed by atoms with Crippen molar-refractivity contribution in [3.8, 4) is 0 Å². The third-order valence-corrected chi connectivity index (χ3v) is 4.31. The number of carbonyl (C=O) groups is 2. The van der Waals surface area contributed by atoms with Gasteiger partial charge in [-0.1, -0.05) is 39.0 Å². The van der Waals surface area contributed by atoms with Crippen LogP contribution < -0.4 is 0 Å². The number of benzene rings is 1. The minimum absolute atomic E-state index is 0.113. The van der Waals surface area contributed by atoms with Gasteiger partial charge in [0, 0.05) is 17.5 Å². The normalized spacial score (nSPS) is 24.9. The molecule has 1 aromatic carbocycles. The first-order chi connectivity index (χ1) is 9.83. The summed E-state index contributed by atoms with van der Waals surface area (Å²) in [5, 5.41) is 0. The average molecular weight is 287 g/mol. The number of hydrogen-bond acceptors (Lipinski definition) is 3. The van der Waals surface area contributed by atoms with Crippen LogP contribution in [0.1, 0.15) is 49.5 Å². The van der Waals surface area contributed by atoms with E-state index in [9.17, 15) is 9.59 Å². The van der Waals surface area contributed by atoms with Crippen molar-refractivity contribution in [2.24, 2.45) is 5.41 Å². The van der Waals surface area contributed by atoms with Gasteiger partial charge in [-0.25, -0.2) is 4.79 Å². The highest BCUT2D eigenvalue weighted by molar-refractivity contribution is 5.95. The van der Waals surface area contributed by atoms with Crippen molar-refractivity contribution in [1.29, 1.82) is 0 Å². The summed E-state index contributed by atoms with van der Waals surface area (Å²) in [4.78, 5) is 26.5. The number of amides is 1. The SMILES string of the molecule is CC(C)(C)C(=O)N1CCCC2(C1)OC(=O)c1ccccc12. The van der Waals surface area contributed by atoms with Crippen LogP contribution >= 0.6 is 0 Å². The number of carbonyl (C=O) groups excluding carboxylic acids is 2. The molecule has 0 aliphatic carbocycles. The molecule has 1 fully saturated rings. The van der Waals surface area contributed by atoms with E-state index in [2.05, 4.69) is 0 Å². The Labute approximate surface area is 125 Å². The van der Waals surface area contributed by atoms with Gasteiger partial charge in [-0.15, -0.1) is 0 Å². The van der Waals surface area contributed by atoms with Gasteiger partial charge in [0.15, 0.2) is 5.60 Å². The maximum Gasteiger partial charge on any atom is 0.339 e. The van der Waals surface area contributed by atoms with Crippen molar-refractivity contribution >= 4 is 11.9 Å². The standard InChI is InChI=1S/C17H21NO3/c1-16(2,3)15(20)18-10-6-9-17(11-18)13-8-5-4-7-12(13)14(19)21-17/h4-5,7-8H,6,9-11H2,1-3H3. The second-order valence-electron chi connectivity index (χ2n) is 7.01. The Morgan fingerprint density at radius 1 is 1.29 bits per heavy atom. The molecule has 1 saturated heterocycles. The Kier molecular flexibility index (Phi) is 3.08. The molecule has 1 spiro atoms. The number of fused-ring (bicyclic) bond motifs is 2. The summed E-state index contributed by atoms with van der Waals surface area (Å²) in [6.07, 6.45) is 1.63. The minimum atomic E-state index is -0.646. The van der Waals surface area contributed by atoms with E-state index in [4.69, 9.17) is 4.74 Å². The Balaban J connectivity index is 1.94. The lowest BCUT2D eigenvalue weighted by Crippen LogP contribution is -2.51. The largest absolute Gasteiger partial charge is 0.449 e.